The van der Waals surface area contributed by atoms with Crippen LogP contribution in [0.25, 0.3) is 0 Å². The molecule has 1 aliphatic heterocycles. The summed E-state index contributed by atoms with van der Waals surface area (Å²) in [6.07, 6.45) is 0. The van der Waals surface area contributed by atoms with Crippen LogP contribution in [0, 0.1) is 0 Å². The van der Waals surface area contributed by atoms with Gasteiger partial charge in [0.25, 0.3) is 5.91 Å². The summed E-state index contributed by atoms with van der Waals surface area (Å²) in [6, 6.07) is 7.27. The molecule has 0 N–H and O–H groups in total. The SMILES string of the molecule is COc1cccc(C2=NC(=O)C(C)(C)O2)c1. The van der Waals surface area contributed by atoms with E-state index in [0.717, 1.165) is 5.56 Å². The van der Waals surface area contributed by atoms with Crippen molar-refractivity contribution in [3.05, 3.63) is 29.8 Å². The standard InChI is InChI=1S/C12H13NO3/c1-12(2)11(14)13-10(16-12)8-5-4-6-9(7-8)15-3/h4-7H,1-3H3. The summed E-state index contributed by atoms with van der Waals surface area (Å²) in [4.78, 5) is 15.4. The van der Waals surface area contributed by atoms with Crippen molar-refractivity contribution in [3.63, 3.8) is 0 Å². The van der Waals surface area contributed by atoms with Crippen LogP contribution in [-0.4, -0.2) is 24.5 Å². The monoisotopic (exact) mass is 219 g/mol. The number of carbonyl (C=O) groups excluding carboxylic acids is 1. The van der Waals surface area contributed by atoms with Crippen LogP contribution in [0.5, 0.6) is 5.75 Å². The van der Waals surface area contributed by atoms with E-state index in [-0.39, 0.29) is 5.91 Å². The fourth-order valence-electron chi connectivity index (χ4n) is 1.41. The molecule has 1 aromatic rings. The van der Waals surface area contributed by atoms with E-state index in [2.05, 4.69) is 4.99 Å². The molecule has 0 bridgehead atoms. The van der Waals surface area contributed by atoms with Gasteiger partial charge in [-0.25, -0.2) is 0 Å². The summed E-state index contributed by atoms with van der Waals surface area (Å²) in [7, 11) is 1.59. The first-order valence-corrected chi connectivity index (χ1v) is 4.99. The third-order valence-electron chi connectivity index (χ3n) is 2.39. The van der Waals surface area contributed by atoms with Crippen LogP contribution in [0.2, 0.25) is 0 Å². The summed E-state index contributed by atoms with van der Waals surface area (Å²) in [6.45, 7) is 3.40. The van der Waals surface area contributed by atoms with Gasteiger partial charge in [0.2, 0.25) is 5.90 Å². The van der Waals surface area contributed by atoms with Crippen LogP contribution in [-0.2, 0) is 9.53 Å². The average molecular weight is 219 g/mol. The number of benzene rings is 1. The van der Waals surface area contributed by atoms with Crippen molar-refractivity contribution in [1.82, 2.24) is 0 Å². The predicted octanol–water partition coefficient (Wildman–Crippen LogP) is 1.78. The molecule has 2 rings (SSSR count). The Bertz CT molecular complexity index is 463. The lowest BCUT2D eigenvalue weighted by atomic mass is 10.1. The molecule has 0 saturated heterocycles. The van der Waals surface area contributed by atoms with Crippen molar-refractivity contribution in [3.8, 4) is 5.75 Å². The van der Waals surface area contributed by atoms with Gasteiger partial charge in [0, 0.05) is 5.56 Å². The van der Waals surface area contributed by atoms with Crippen LogP contribution in [0.15, 0.2) is 29.3 Å². The number of carbonyl (C=O) groups is 1. The first-order chi connectivity index (χ1) is 7.53. The molecule has 1 aliphatic rings. The second-order valence-electron chi connectivity index (χ2n) is 4.07. The van der Waals surface area contributed by atoms with E-state index in [1.165, 1.54) is 0 Å². The molecule has 0 atom stereocenters. The van der Waals surface area contributed by atoms with Gasteiger partial charge in [0.15, 0.2) is 5.60 Å². The fraction of sp³-hybridized carbons (Fsp3) is 0.333. The van der Waals surface area contributed by atoms with Crippen LogP contribution in [0.1, 0.15) is 19.4 Å². The maximum atomic E-state index is 11.5. The molecule has 1 aromatic carbocycles. The highest BCUT2D eigenvalue weighted by atomic mass is 16.5. The van der Waals surface area contributed by atoms with Gasteiger partial charge in [0.1, 0.15) is 5.75 Å². The summed E-state index contributed by atoms with van der Waals surface area (Å²) in [5.41, 5.74) is -0.114. The molecule has 0 saturated carbocycles. The molecule has 84 valence electrons. The normalized spacial score (nSPS) is 17.9. The van der Waals surface area contributed by atoms with Crippen molar-refractivity contribution < 1.29 is 14.3 Å². The highest BCUT2D eigenvalue weighted by Gasteiger charge is 2.37. The maximum Gasteiger partial charge on any atom is 0.292 e. The molecule has 0 fully saturated rings. The molecule has 16 heavy (non-hydrogen) atoms. The van der Waals surface area contributed by atoms with Gasteiger partial charge in [0.05, 0.1) is 7.11 Å². The van der Waals surface area contributed by atoms with Gasteiger partial charge in [-0.05, 0) is 32.0 Å². The molecule has 0 radical (unpaired) electrons. The lowest BCUT2D eigenvalue weighted by Crippen LogP contribution is -2.29. The molecule has 0 unspecified atom stereocenters. The zero-order valence-corrected chi connectivity index (χ0v) is 9.48. The Balaban J connectivity index is 2.33. The number of hydrogen-bond donors (Lipinski definition) is 0. The summed E-state index contributed by atoms with van der Waals surface area (Å²) in [5, 5.41) is 0. The van der Waals surface area contributed by atoms with E-state index >= 15 is 0 Å². The van der Waals surface area contributed by atoms with E-state index < -0.39 is 5.60 Å². The third kappa shape index (κ3) is 1.78. The Morgan fingerprint density at radius 1 is 1.38 bits per heavy atom. The number of hydrogen-bond acceptors (Lipinski definition) is 3. The number of rotatable bonds is 2. The fourth-order valence-corrected chi connectivity index (χ4v) is 1.41. The highest BCUT2D eigenvalue weighted by Crippen LogP contribution is 2.24. The van der Waals surface area contributed by atoms with Gasteiger partial charge in [-0.15, -0.1) is 0 Å². The number of methoxy groups -OCH3 is 1. The van der Waals surface area contributed by atoms with Crippen molar-refractivity contribution in [2.45, 2.75) is 19.4 Å². The molecule has 4 heteroatoms. The number of ether oxygens (including phenoxy) is 2. The predicted molar refractivity (Wildman–Crippen MR) is 59.7 cm³/mol. The molecular formula is C12H13NO3. The third-order valence-corrected chi connectivity index (χ3v) is 2.39. The molecule has 0 aliphatic carbocycles. The molecule has 1 heterocycles. The molecule has 0 aromatic heterocycles. The Kier molecular flexibility index (Phi) is 2.42. The summed E-state index contributed by atoms with van der Waals surface area (Å²) < 4.78 is 10.6. The van der Waals surface area contributed by atoms with Gasteiger partial charge >= 0.3 is 0 Å². The molecule has 0 spiro atoms. The maximum absolute atomic E-state index is 11.5. The van der Waals surface area contributed by atoms with Crippen molar-refractivity contribution in [2.75, 3.05) is 7.11 Å². The smallest absolute Gasteiger partial charge is 0.292 e. The van der Waals surface area contributed by atoms with Crippen LogP contribution >= 0.6 is 0 Å². The lowest BCUT2D eigenvalue weighted by molar-refractivity contribution is -0.128. The Labute approximate surface area is 93.9 Å². The van der Waals surface area contributed by atoms with Gasteiger partial charge in [-0.1, -0.05) is 6.07 Å². The minimum atomic E-state index is -0.863. The van der Waals surface area contributed by atoms with Crippen LogP contribution in [0.4, 0.5) is 0 Å². The van der Waals surface area contributed by atoms with E-state index in [1.807, 2.05) is 18.2 Å². The molecule has 1 amide bonds. The highest BCUT2D eigenvalue weighted by molar-refractivity contribution is 6.08. The Hall–Kier alpha value is -1.84. The summed E-state index contributed by atoms with van der Waals surface area (Å²) in [5.74, 6) is 0.806. The van der Waals surface area contributed by atoms with Gasteiger partial charge < -0.3 is 9.47 Å². The zero-order valence-electron chi connectivity index (χ0n) is 9.48. The second-order valence-corrected chi connectivity index (χ2v) is 4.07. The topological polar surface area (TPSA) is 47.9 Å². The first kappa shape index (κ1) is 10.7. The average Bonchev–Trinajstić information content (AvgIpc) is 2.54. The lowest BCUT2D eigenvalue weighted by Gasteiger charge is -2.15. The van der Waals surface area contributed by atoms with Crippen LogP contribution < -0.4 is 4.74 Å². The van der Waals surface area contributed by atoms with E-state index in [0.29, 0.717) is 11.6 Å². The Morgan fingerprint density at radius 2 is 2.12 bits per heavy atom. The second kappa shape index (κ2) is 3.63. The van der Waals surface area contributed by atoms with E-state index in [9.17, 15) is 4.79 Å². The van der Waals surface area contributed by atoms with Gasteiger partial charge in [-0.2, -0.15) is 4.99 Å². The van der Waals surface area contributed by atoms with E-state index in [4.69, 9.17) is 9.47 Å². The first-order valence-electron chi connectivity index (χ1n) is 4.99. The summed E-state index contributed by atoms with van der Waals surface area (Å²) >= 11 is 0. The number of amides is 1. The van der Waals surface area contributed by atoms with Crippen molar-refractivity contribution >= 4 is 11.8 Å². The minimum absolute atomic E-state index is 0.259. The molecular weight excluding hydrogens is 206 g/mol. The van der Waals surface area contributed by atoms with Gasteiger partial charge in [-0.3, -0.25) is 4.79 Å². The number of nitrogens with zero attached hydrogens (tertiary/aromatic N) is 1. The van der Waals surface area contributed by atoms with Crippen molar-refractivity contribution in [2.24, 2.45) is 4.99 Å². The Morgan fingerprint density at radius 3 is 2.69 bits per heavy atom. The largest absolute Gasteiger partial charge is 0.497 e. The molecule has 4 nitrogen and oxygen atoms in total. The zero-order chi connectivity index (χ0) is 11.8. The quantitative estimate of drug-likeness (QED) is 0.761. The van der Waals surface area contributed by atoms with Crippen molar-refractivity contribution in [1.29, 1.82) is 0 Å². The van der Waals surface area contributed by atoms with Crippen LogP contribution in [0.3, 0.4) is 0 Å². The van der Waals surface area contributed by atoms with E-state index in [1.54, 1.807) is 27.0 Å². The number of aliphatic imine (C=N–C) groups is 1. The minimum Gasteiger partial charge on any atom is -0.497 e.